The van der Waals surface area contributed by atoms with Crippen LogP contribution in [0, 0.1) is 0 Å². The van der Waals surface area contributed by atoms with Crippen LogP contribution in [0.25, 0.3) is 0 Å². The van der Waals surface area contributed by atoms with Crippen molar-refractivity contribution in [3.8, 4) is 0 Å². The number of carbonyl (C=O) groups excluding carboxylic acids is 3. The van der Waals surface area contributed by atoms with Crippen LogP contribution in [0.3, 0.4) is 0 Å². The summed E-state index contributed by atoms with van der Waals surface area (Å²) in [4.78, 5) is 43.7. The van der Waals surface area contributed by atoms with Crippen LogP contribution in [-0.2, 0) is 19.2 Å². The van der Waals surface area contributed by atoms with Gasteiger partial charge in [-0.05, 0) is 33.6 Å². The van der Waals surface area contributed by atoms with Gasteiger partial charge >= 0.3 is 6.09 Å². The number of hydroxylamine groups is 2. The zero-order valence-electron chi connectivity index (χ0n) is 14.9. The number of likely N-dealkylation sites (tertiary alicyclic amines) is 1. The van der Waals surface area contributed by atoms with Gasteiger partial charge in [-0.2, -0.15) is 0 Å². The monoisotopic (exact) mass is 348 g/mol. The van der Waals surface area contributed by atoms with Crippen molar-refractivity contribution in [1.82, 2.24) is 9.96 Å². The first-order chi connectivity index (χ1) is 11.7. The van der Waals surface area contributed by atoms with Crippen LogP contribution in [0.1, 0.15) is 33.6 Å². The summed E-state index contributed by atoms with van der Waals surface area (Å²) in [5.41, 5.74) is -0.265. The minimum absolute atomic E-state index is 0.0333. The molecule has 0 aliphatic carbocycles. The van der Waals surface area contributed by atoms with E-state index in [2.05, 4.69) is 13.2 Å². The van der Waals surface area contributed by atoms with E-state index in [4.69, 9.17) is 9.57 Å². The van der Waals surface area contributed by atoms with E-state index in [0.717, 1.165) is 6.42 Å². The molecule has 2 aliphatic heterocycles. The molecule has 3 amide bonds. The number of amides is 3. The number of ether oxygens (including phenoxy) is 1. The van der Waals surface area contributed by atoms with E-state index < -0.39 is 23.5 Å². The Bertz CT molecular complexity index is 614. The molecule has 0 aromatic rings. The predicted octanol–water partition coefficient (Wildman–Crippen LogP) is 2.35. The lowest BCUT2D eigenvalue weighted by Crippen LogP contribution is -2.43. The van der Waals surface area contributed by atoms with Gasteiger partial charge in [-0.15, -0.1) is 5.06 Å². The van der Waals surface area contributed by atoms with Crippen LogP contribution in [0.15, 0.2) is 36.5 Å². The third kappa shape index (κ3) is 3.99. The van der Waals surface area contributed by atoms with E-state index in [0.29, 0.717) is 18.0 Å². The Morgan fingerprint density at radius 3 is 2.24 bits per heavy atom. The molecule has 1 fully saturated rings. The van der Waals surface area contributed by atoms with Crippen molar-refractivity contribution in [2.75, 3.05) is 13.2 Å². The van der Waals surface area contributed by atoms with Crippen molar-refractivity contribution in [3.63, 3.8) is 0 Å². The molecule has 1 atom stereocenters. The summed E-state index contributed by atoms with van der Waals surface area (Å²) in [5.74, 6) is -1.14. The molecular weight excluding hydrogens is 324 g/mol. The van der Waals surface area contributed by atoms with Crippen molar-refractivity contribution in [2.45, 2.75) is 45.3 Å². The highest BCUT2D eigenvalue weighted by molar-refractivity contribution is 6.21. The van der Waals surface area contributed by atoms with Crippen LogP contribution in [-0.4, -0.2) is 52.7 Å². The van der Waals surface area contributed by atoms with E-state index in [1.165, 1.54) is 12.2 Å². The highest BCUT2D eigenvalue weighted by Crippen LogP contribution is 2.25. The van der Waals surface area contributed by atoms with Crippen LogP contribution in [0.5, 0.6) is 0 Å². The SMILES string of the molecule is C=CC1=C(C=C)C(=O)N(OC[C@@H]2CCCN2C(=O)OC(C)(C)C)C1=O. The fourth-order valence-corrected chi connectivity index (χ4v) is 2.78. The van der Waals surface area contributed by atoms with E-state index in [-0.39, 0.29) is 23.8 Å². The molecule has 0 radical (unpaired) electrons. The Balaban J connectivity index is 2.00. The van der Waals surface area contributed by atoms with Gasteiger partial charge in [-0.25, -0.2) is 4.79 Å². The van der Waals surface area contributed by atoms with Gasteiger partial charge in [0.05, 0.1) is 23.8 Å². The van der Waals surface area contributed by atoms with E-state index in [9.17, 15) is 14.4 Å². The average molecular weight is 348 g/mol. The molecule has 7 nitrogen and oxygen atoms in total. The van der Waals surface area contributed by atoms with Gasteiger partial charge in [0.25, 0.3) is 11.8 Å². The van der Waals surface area contributed by atoms with E-state index >= 15 is 0 Å². The standard InChI is InChI=1S/C18H24N2O5/c1-6-13-14(7-2)16(22)20(15(13)21)24-11-12-9-8-10-19(12)17(23)25-18(3,4)5/h6-7,12H,1-2,8-11H2,3-5H3/t12-/m0/s1. The van der Waals surface area contributed by atoms with Crippen LogP contribution in [0.2, 0.25) is 0 Å². The second-order valence-electron chi connectivity index (χ2n) is 6.91. The molecule has 7 heteroatoms. The molecule has 2 rings (SSSR count). The van der Waals surface area contributed by atoms with Gasteiger partial charge in [0.15, 0.2) is 0 Å². The molecule has 0 bridgehead atoms. The van der Waals surface area contributed by atoms with Crippen LogP contribution < -0.4 is 0 Å². The summed E-state index contributed by atoms with van der Waals surface area (Å²) >= 11 is 0. The quantitative estimate of drug-likeness (QED) is 0.713. The van der Waals surface area contributed by atoms with Gasteiger partial charge in [-0.3, -0.25) is 14.4 Å². The number of nitrogens with zero attached hydrogens (tertiary/aromatic N) is 2. The van der Waals surface area contributed by atoms with Gasteiger partial charge in [0.2, 0.25) is 0 Å². The van der Waals surface area contributed by atoms with Crippen LogP contribution in [0.4, 0.5) is 4.79 Å². The minimum atomic E-state index is -0.590. The fraction of sp³-hybridized carbons (Fsp3) is 0.500. The maximum Gasteiger partial charge on any atom is 0.410 e. The molecule has 25 heavy (non-hydrogen) atoms. The first kappa shape index (κ1) is 18.9. The molecule has 0 spiro atoms. The maximum atomic E-state index is 12.3. The molecule has 0 unspecified atom stereocenters. The highest BCUT2D eigenvalue weighted by Gasteiger charge is 2.39. The van der Waals surface area contributed by atoms with Gasteiger partial charge in [-0.1, -0.05) is 25.3 Å². The second kappa shape index (κ2) is 7.23. The molecule has 136 valence electrons. The molecule has 1 saturated heterocycles. The molecule has 0 aromatic carbocycles. The number of hydrogen-bond acceptors (Lipinski definition) is 5. The first-order valence-electron chi connectivity index (χ1n) is 8.20. The number of carbonyl (C=O) groups is 3. The summed E-state index contributed by atoms with van der Waals surface area (Å²) in [5, 5.41) is 0.708. The third-order valence-corrected chi connectivity index (χ3v) is 3.93. The van der Waals surface area contributed by atoms with E-state index in [1.54, 1.807) is 25.7 Å². The zero-order chi connectivity index (χ0) is 18.8. The second-order valence-corrected chi connectivity index (χ2v) is 6.91. The third-order valence-electron chi connectivity index (χ3n) is 3.93. The van der Waals surface area contributed by atoms with Crippen molar-refractivity contribution in [3.05, 3.63) is 36.5 Å². The fourth-order valence-electron chi connectivity index (χ4n) is 2.78. The lowest BCUT2D eigenvalue weighted by atomic mass is 10.1. The highest BCUT2D eigenvalue weighted by atomic mass is 16.7. The lowest BCUT2D eigenvalue weighted by Gasteiger charge is -2.29. The van der Waals surface area contributed by atoms with Crippen molar-refractivity contribution >= 4 is 17.9 Å². The smallest absolute Gasteiger partial charge is 0.410 e. The van der Waals surface area contributed by atoms with E-state index in [1.807, 2.05) is 0 Å². The maximum absolute atomic E-state index is 12.3. The van der Waals surface area contributed by atoms with Crippen molar-refractivity contribution in [1.29, 1.82) is 0 Å². The number of imide groups is 1. The Hall–Kier alpha value is -2.41. The normalized spacial score (nSPS) is 21.2. The Morgan fingerprint density at radius 2 is 1.76 bits per heavy atom. The molecule has 0 saturated carbocycles. The van der Waals surface area contributed by atoms with Crippen LogP contribution >= 0.6 is 0 Å². The number of hydrogen-bond donors (Lipinski definition) is 0. The number of rotatable bonds is 5. The Kier molecular flexibility index (Phi) is 5.47. The van der Waals surface area contributed by atoms with Gasteiger partial charge in [0.1, 0.15) is 5.60 Å². The van der Waals surface area contributed by atoms with Gasteiger partial charge < -0.3 is 9.64 Å². The Morgan fingerprint density at radius 1 is 1.20 bits per heavy atom. The lowest BCUT2D eigenvalue weighted by molar-refractivity contribution is -0.189. The molecule has 2 aliphatic rings. The summed E-state index contributed by atoms with van der Waals surface area (Å²) < 4.78 is 5.38. The molecular formula is C18H24N2O5. The topological polar surface area (TPSA) is 76.2 Å². The first-order valence-corrected chi connectivity index (χ1v) is 8.20. The largest absolute Gasteiger partial charge is 0.444 e. The van der Waals surface area contributed by atoms with Crippen molar-refractivity contribution < 1.29 is 24.0 Å². The van der Waals surface area contributed by atoms with Crippen molar-refractivity contribution in [2.24, 2.45) is 0 Å². The molecule has 0 aromatic heterocycles. The van der Waals surface area contributed by atoms with Gasteiger partial charge in [0, 0.05) is 6.54 Å². The average Bonchev–Trinajstić information content (AvgIpc) is 3.06. The summed E-state index contributed by atoms with van der Waals surface area (Å²) in [6, 6.07) is -0.254. The summed E-state index contributed by atoms with van der Waals surface area (Å²) in [7, 11) is 0. The predicted molar refractivity (Wildman–Crippen MR) is 91.2 cm³/mol. The minimum Gasteiger partial charge on any atom is -0.444 e. The summed E-state index contributed by atoms with van der Waals surface area (Å²) in [6.07, 6.45) is 3.72. The Labute approximate surface area is 147 Å². The summed E-state index contributed by atoms with van der Waals surface area (Å²) in [6.45, 7) is 13.1. The molecule has 0 N–H and O–H groups in total. The zero-order valence-corrected chi connectivity index (χ0v) is 14.9. The molecule has 2 heterocycles.